The molecule has 0 amide bonds. The summed E-state index contributed by atoms with van der Waals surface area (Å²) in [6.07, 6.45) is 7.80. The van der Waals surface area contributed by atoms with Gasteiger partial charge in [0.05, 0.1) is 0 Å². The van der Waals surface area contributed by atoms with Crippen molar-refractivity contribution < 1.29 is 15.0 Å². The summed E-state index contributed by atoms with van der Waals surface area (Å²) < 4.78 is 0. The Kier molecular flexibility index (Phi) is 10.4. The van der Waals surface area contributed by atoms with Gasteiger partial charge in [0.2, 0.25) is 0 Å². The maximum atomic E-state index is 10.2. The third-order valence-electron chi connectivity index (χ3n) is 2.23. The molecule has 0 aromatic heterocycles. The van der Waals surface area contributed by atoms with Gasteiger partial charge in [-0.05, 0) is 25.7 Å². The number of rotatable bonds is 5. The van der Waals surface area contributed by atoms with Gasteiger partial charge in [0, 0.05) is 26.1 Å². The lowest BCUT2D eigenvalue weighted by Gasteiger charge is -1.93. The van der Waals surface area contributed by atoms with Crippen LogP contribution >= 0.6 is 0 Å². The van der Waals surface area contributed by atoms with Crippen LogP contribution in [0.25, 0.3) is 0 Å². The van der Waals surface area contributed by atoms with Gasteiger partial charge in [-0.25, -0.2) is 0 Å². The summed E-state index contributed by atoms with van der Waals surface area (Å²) in [5.74, 6) is 0.454. The second-order valence-corrected chi connectivity index (χ2v) is 3.61. The zero-order chi connectivity index (χ0) is 10.6. The van der Waals surface area contributed by atoms with Gasteiger partial charge in [0.15, 0.2) is 0 Å². The average Bonchev–Trinajstić information content (AvgIpc) is 2.65. The maximum absolute atomic E-state index is 10.2. The second-order valence-electron chi connectivity index (χ2n) is 3.61. The molecule has 14 heavy (non-hydrogen) atoms. The van der Waals surface area contributed by atoms with Crippen molar-refractivity contribution in [3.63, 3.8) is 0 Å². The van der Waals surface area contributed by atoms with Gasteiger partial charge in [0.25, 0.3) is 0 Å². The fourth-order valence-corrected chi connectivity index (χ4v) is 1.35. The Morgan fingerprint density at radius 2 is 1.29 bits per heavy atom. The van der Waals surface area contributed by atoms with E-state index in [1.807, 2.05) is 0 Å². The van der Waals surface area contributed by atoms with Crippen molar-refractivity contribution in [1.29, 1.82) is 0 Å². The van der Waals surface area contributed by atoms with Crippen LogP contribution in [0.4, 0.5) is 0 Å². The number of ketones is 1. The van der Waals surface area contributed by atoms with Crippen LogP contribution in [0.5, 0.6) is 0 Å². The van der Waals surface area contributed by atoms with E-state index < -0.39 is 0 Å². The first kappa shape index (κ1) is 13.6. The molecule has 1 fully saturated rings. The van der Waals surface area contributed by atoms with Gasteiger partial charge < -0.3 is 10.2 Å². The van der Waals surface area contributed by atoms with Gasteiger partial charge in [-0.3, -0.25) is 4.79 Å². The van der Waals surface area contributed by atoms with Gasteiger partial charge in [-0.1, -0.05) is 12.8 Å². The number of hydrogen-bond acceptors (Lipinski definition) is 3. The Morgan fingerprint density at radius 1 is 0.857 bits per heavy atom. The molecular formula is C11H22O3. The fourth-order valence-electron chi connectivity index (χ4n) is 1.35. The number of carbonyl (C=O) groups excluding carboxylic acids is 1. The van der Waals surface area contributed by atoms with Crippen LogP contribution in [-0.2, 0) is 4.79 Å². The van der Waals surface area contributed by atoms with E-state index >= 15 is 0 Å². The van der Waals surface area contributed by atoms with Crippen molar-refractivity contribution in [1.82, 2.24) is 0 Å². The predicted molar refractivity (Wildman–Crippen MR) is 56.1 cm³/mol. The number of Topliss-reactive ketones (excluding diaryl/α,β-unsaturated/α-hetero) is 1. The Morgan fingerprint density at radius 3 is 1.50 bits per heavy atom. The molecule has 3 nitrogen and oxygen atoms in total. The van der Waals surface area contributed by atoms with E-state index in [4.69, 9.17) is 10.2 Å². The van der Waals surface area contributed by atoms with Gasteiger partial charge in [-0.2, -0.15) is 0 Å². The fraction of sp³-hybridized carbons (Fsp3) is 0.909. The normalized spacial score (nSPS) is 15.1. The molecule has 0 aromatic rings. The molecule has 0 bridgehead atoms. The molecule has 0 saturated heterocycles. The summed E-state index contributed by atoms with van der Waals surface area (Å²) in [7, 11) is 0. The molecule has 0 unspecified atom stereocenters. The predicted octanol–water partition coefficient (Wildman–Crippen LogP) is 1.66. The lowest BCUT2D eigenvalue weighted by Crippen LogP contribution is -1.85. The van der Waals surface area contributed by atoms with Crippen molar-refractivity contribution in [3.05, 3.63) is 0 Å². The Bertz CT molecular complexity index is 120. The van der Waals surface area contributed by atoms with Gasteiger partial charge in [-0.15, -0.1) is 0 Å². The minimum Gasteiger partial charge on any atom is -0.396 e. The van der Waals surface area contributed by atoms with Crippen LogP contribution in [0.3, 0.4) is 0 Å². The third-order valence-corrected chi connectivity index (χ3v) is 2.23. The van der Waals surface area contributed by atoms with Crippen molar-refractivity contribution in [2.45, 2.75) is 51.4 Å². The molecule has 3 heteroatoms. The molecule has 0 aliphatic heterocycles. The standard InChI is InChI=1S/C6H14O2.C5H8O/c7-5-3-1-2-4-6-8;6-5-3-1-2-4-5/h7-8H,1-6H2;1-4H2. The molecule has 0 radical (unpaired) electrons. The summed E-state index contributed by atoms with van der Waals surface area (Å²) in [5.41, 5.74) is 0. The van der Waals surface area contributed by atoms with E-state index in [0.717, 1.165) is 51.4 Å². The Balaban J connectivity index is 0.000000249. The van der Waals surface area contributed by atoms with Crippen molar-refractivity contribution in [2.75, 3.05) is 13.2 Å². The molecule has 2 N–H and O–H groups in total. The lowest BCUT2D eigenvalue weighted by molar-refractivity contribution is -0.117. The molecule has 84 valence electrons. The quantitative estimate of drug-likeness (QED) is 0.667. The molecular weight excluding hydrogens is 180 g/mol. The van der Waals surface area contributed by atoms with Crippen LogP contribution in [-0.4, -0.2) is 29.2 Å². The topological polar surface area (TPSA) is 57.5 Å². The monoisotopic (exact) mass is 202 g/mol. The van der Waals surface area contributed by atoms with Crippen molar-refractivity contribution in [2.24, 2.45) is 0 Å². The zero-order valence-electron chi connectivity index (χ0n) is 8.87. The first-order valence-electron chi connectivity index (χ1n) is 5.54. The molecule has 0 aromatic carbocycles. The number of carbonyl (C=O) groups is 1. The Labute approximate surface area is 86.1 Å². The summed E-state index contributed by atoms with van der Waals surface area (Å²) in [6.45, 7) is 0.566. The average molecular weight is 202 g/mol. The van der Waals surface area contributed by atoms with E-state index in [2.05, 4.69) is 0 Å². The molecule has 1 aliphatic rings. The first-order valence-corrected chi connectivity index (χ1v) is 5.54. The van der Waals surface area contributed by atoms with E-state index in [0.29, 0.717) is 5.78 Å². The summed E-state index contributed by atoms with van der Waals surface area (Å²) in [5, 5.41) is 16.6. The van der Waals surface area contributed by atoms with Crippen LogP contribution in [0.2, 0.25) is 0 Å². The number of unbranched alkanes of at least 4 members (excludes halogenated alkanes) is 3. The zero-order valence-corrected chi connectivity index (χ0v) is 8.87. The Hall–Kier alpha value is -0.410. The van der Waals surface area contributed by atoms with Crippen LogP contribution < -0.4 is 0 Å². The summed E-state index contributed by atoms with van der Waals surface area (Å²) in [4.78, 5) is 10.2. The minimum absolute atomic E-state index is 0.283. The largest absolute Gasteiger partial charge is 0.396 e. The molecule has 0 heterocycles. The molecule has 1 saturated carbocycles. The molecule has 1 rings (SSSR count). The minimum atomic E-state index is 0.283. The van der Waals surface area contributed by atoms with E-state index in [1.165, 1.54) is 0 Å². The highest BCUT2D eigenvalue weighted by Gasteiger charge is 2.07. The summed E-state index contributed by atoms with van der Waals surface area (Å²) >= 11 is 0. The third kappa shape index (κ3) is 9.68. The maximum Gasteiger partial charge on any atom is 0.132 e. The number of aliphatic hydroxyl groups is 2. The lowest BCUT2D eigenvalue weighted by atomic mass is 10.2. The van der Waals surface area contributed by atoms with Gasteiger partial charge in [0.1, 0.15) is 5.78 Å². The number of aliphatic hydroxyl groups excluding tert-OH is 2. The molecule has 0 spiro atoms. The highest BCUT2D eigenvalue weighted by molar-refractivity contribution is 5.79. The van der Waals surface area contributed by atoms with Crippen LogP contribution in [0.1, 0.15) is 51.4 Å². The van der Waals surface area contributed by atoms with E-state index in [-0.39, 0.29) is 13.2 Å². The van der Waals surface area contributed by atoms with Gasteiger partial charge >= 0.3 is 0 Å². The van der Waals surface area contributed by atoms with E-state index in [9.17, 15) is 4.79 Å². The highest BCUT2D eigenvalue weighted by Crippen LogP contribution is 2.11. The molecule has 0 atom stereocenters. The summed E-state index contributed by atoms with van der Waals surface area (Å²) in [6, 6.07) is 0. The second kappa shape index (κ2) is 10.7. The van der Waals surface area contributed by atoms with Crippen LogP contribution in [0.15, 0.2) is 0 Å². The van der Waals surface area contributed by atoms with Crippen molar-refractivity contribution in [3.8, 4) is 0 Å². The first-order chi connectivity index (χ1) is 6.81. The van der Waals surface area contributed by atoms with Crippen molar-refractivity contribution >= 4 is 5.78 Å². The van der Waals surface area contributed by atoms with Crippen LogP contribution in [0, 0.1) is 0 Å². The SMILES string of the molecule is O=C1CCCC1.OCCCCCCO. The number of hydrogen-bond donors (Lipinski definition) is 2. The smallest absolute Gasteiger partial charge is 0.132 e. The highest BCUT2D eigenvalue weighted by atomic mass is 16.3. The molecule has 1 aliphatic carbocycles. The van der Waals surface area contributed by atoms with E-state index in [1.54, 1.807) is 0 Å².